The average Bonchev–Trinajstić information content (AvgIpc) is 3.00. The Balaban J connectivity index is 1.60. The molecule has 6 nitrogen and oxygen atoms in total. The number of phenols is 1. The quantitative estimate of drug-likeness (QED) is 0.557. The van der Waals surface area contributed by atoms with Crippen molar-refractivity contribution in [2.45, 2.75) is 53.1 Å². The molecule has 0 aliphatic heterocycles. The zero-order valence-corrected chi connectivity index (χ0v) is 18.1. The van der Waals surface area contributed by atoms with Crippen LogP contribution in [0.2, 0.25) is 0 Å². The Morgan fingerprint density at radius 2 is 1.83 bits per heavy atom. The molecule has 0 aliphatic rings. The van der Waals surface area contributed by atoms with E-state index >= 15 is 0 Å². The maximum atomic E-state index is 12.5. The van der Waals surface area contributed by atoms with Crippen molar-refractivity contribution < 1.29 is 19.2 Å². The summed E-state index contributed by atoms with van der Waals surface area (Å²) in [7, 11) is 0. The first-order valence-corrected chi connectivity index (χ1v) is 9.90. The van der Waals surface area contributed by atoms with Crippen LogP contribution in [0.3, 0.4) is 0 Å². The SMILES string of the molecule is Cc1noc(C)c1COc1ccc(CC(=O)Nc2cc(C(C)(C)C)ccc2O)cc1. The van der Waals surface area contributed by atoms with Crippen molar-refractivity contribution in [3.05, 3.63) is 70.6 Å². The van der Waals surface area contributed by atoms with E-state index in [0.717, 1.165) is 28.1 Å². The zero-order chi connectivity index (χ0) is 21.9. The Kier molecular flexibility index (Phi) is 6.15. The predicted octanol–water partition coefficient (Wildman–Crippen LogP) is 5.05. The molecule has 30 heavy (non-hydrogen) atoms. The third-order valence-corrected chi connectivity index (χ3v) is 4.99. The number of anilines is 1. The van der Waals surface area contributed by atoms with E-state index < -0.39 is 0 Å². The van der Waals surface area contributed by atoms with Gasteiger partial charge in [-0.3, -0.25) is 4.79 Å². The number of aromatic nitrogens is 1. The lowest BCUT2D eigenvalue weighted by Crippen LogP contribution is -2.16. The van der Waals surface area contributed by atoms with E-state index in [2.05, 4.69) is 31.2 Å². The highest BCUT2D eigenvalue weighted by Gasteiger charge is 2.16. The molecule has 6 heteroatoms. The second-order valence-electron chi connectivity index (χ2n) is 8.44. The van der Waals surface area contributed by atoms with Gasteiger partial charge in [-0.2, -0.15) is 0 Å². The molecule has 0 saturated carbocycles. The number of nitrogens with zero attached hydrogens (tertiary/aromatic N) is 1. The standard InChI is InChI=1S/C24H28N2O4/c1-15-20(16(2)30-26-15)14-29-19-9-6-17(7-10-19)12-23(28)25-21-13-18(24(3,4)5)8-11-22(21)27/h6-11,13,27H,12,14H2,1-5H3,(H,25,28). The van der Waals surface area contributed by atoms with E-state index in [4.69, 9.17) is 9.26 Å². The molecule has 0 atom stereocenters. The van der Waals surface area contributed by atoms with Crippen LogP contribution < -0.4 is 10.1 Å². The molecular formula is C24H28N2O4. The first kappa shape index (κ1) is 21.4. The number of carbonyl (C=O) groups excluding carboxylic acids is 1. The molecular weight excluding hydrogens is 380 g/mol. The van der Waals surface area contributed by atoms with E-state index in [1.807, 2.05) is 50.2 Å². The Morgan fingerprint density at radius 3 is 2.43 bits per heavy atom. The lowest BCUT2D eigenvalue weighted by Gasteiger charge is -2.20. The minimum Gasteiger partial charge on any atom is -0.506 e. The van der Waals surface area contributed by atoms with Gasteiger partial charge in [0, 0.05) is 0 Å². The number of nitrogens with one attached hydrogen (secondary N) is 1. The summed E-state index contributed by atoms with van der Waals surface area (Å²) in [6, 6.07) is 12.7. The van der Waals surface area contributed by atoms with Crippen LogP contribution in [0.5, 0.6) is 11.5 Å². The molecule has 0 spiro atoms. The summed E-state index contributed by atoms with van der Waals surface area (Å²) >= 11 is 0. The fourth-order valence-electron chi connectivity index (χ4n) is 3.05. The molecule has 158 valence electrons. The molecule has 1 aromatic heterocycles. The highest BCUT2D eigenvalue weighted by atomic mass is 16.5. The number of amides is 1. The fourth-order valence-corrected chi connectivity index (χ4v) is 3.05. The van der Waals surface area contributed by atoms with Crippen LogP contribution in [-0.2, 0) is 23.2 Å². The number of aryl methyl sites for hydroxylation is 2. The monoisotopic (exact) mass is 408 g/mol. The van der Waals surface area contributed by atoms with Crippen LogP contribution >= 0.6 is 0 Å². The first-order valence-electron chi connectivity index (χ1n) is 9.90. The van der Waals surface area contributed by atoms with Gasteiger partial charge in [-0.15, -0.1) is 0 Å². The van der Waals surface area contributed by atoms with Crippen molar-refractivity contribution in [2.24, 2.45) is 0 Å². The number of ether oxygens (including phenoxy) is 1. The van der Waals surface area contributed by atoms with E-state index in [9.17, 15) is 9.90 Å². The lowest BCUT2D eigenvalue weighted by molar-refractivity contribution is -0.115. The normalized spacial score (nSPS) is 11.4. The van der Waals surface area contributed by atoms with Crippen LogP contribution in [0.4, 0.5) is 5.69 Å². The Hall–Kier alpha value is -3.28. The van der Waals surface area contributed by atoms with Gasteiger partial charge < -0.3 is 19.7 Å². The smallest absolute Gasteiger partial charge is 0.228 e. The fraction of sp³-hybridized carbons (Fsp3) is 0.333. The highest BCUT2D eigenvalue weighted by Crippen LogP contribution is 2.30. The molecule has 1 heterocycles. The summed E-state index contributed by atoms with van der Waals surface area (Å²) < 4.78 is 10.9. The number of aromatic hydroxyl groups is 1. The number of benzene rings is 2. The number of hydrogen-bond donors (Lipinski definition) is 2. The third kappa shape index (κ3) is 5.20. The number of hydrogen-bond acceptors (Lipinski definition) is 5. The van der Waals surface area contributed by atoms with Crippen molar-refractivity contribution in [1.82, 2.24) is 5.16 Å². The molecule has 0 aliphatic carbocycles. The Bertz CT molecular complexity index is 1010. The van der Waals surface area contributed by atoms with Crippen molar-refractivity contribution in [3.63, 3.8) is 0 Å². The largest absolute Gasteiger partial charge is 0.506 e. The van der Waals surface area contributed by atoms with Gasteiger partial charge in [0.1, 0.15) is 23.9 Å². The van der Waals surface area contributed by atoms with Crippen LogP contribution in [0.15, 0.2) is 47.0 Å². The maximum absolute atomic E-state index is 12.5. The third-order valence-electron chi connectivity index (χ3n) is 4.99. The summed E-state index contributed by atoms with van der Waals surface area (Å²) in [5.74, 6) is 1.31. The number of rotatable bonds is 6. The maximum Gasteiger partial charge on any atom is 0.228 e. The minimum atomic E-state index is -0.194. The molecule has 0 unspecified atom stereocenters. The van der Waals surface area contributed by atoms with Gasteiger partial charge in [0.15, 0.2) is 0 Å². The van der Waals surface area contributed by atoms with Gasteiger partial charge >= 0.3 is 0 Å². The molecule has 0 radical (unpaired) electrons. The summed E-state index contributed by atoms with van der Waals surface area (Å²) in [6.07, 6.45) is 0.198. The first-order chi connectivity index (χ1) is 14.1. The molecule has 0 bridgehead atoms. The minimum absolute atomic E-state index is 0.0550. The second kappa shape index (κ2) is 8.61. The second-order valence-corrected chi connectivity index (χ2v) is 8.44. The molecule has 2 N–H and O–H groups in total. The van der Waals surface area contributed by atoms with E-state index in [-0.39, 0.29) is 23.5 Å². The van der Waals surface area contributed by atoms with Gasteiger partial charge in [0.05, 0.1) is 23.4 Å². The highest BCUT2D eigenvalue weighted by molar-refractivity contribution is 5.93. The van der Waals surface area contributed by atoms with Gasteiger partial charge in [0.25, 0.3) is 0 Å². The molecule has 3 rings (SSSR count). The van der Waals surface area contributed by atoms with E-state index in [0.29, 0.717) is 18.0 Å². The molecule has 2 aromatic carbocycles. The van der Waals surface area contributed by atoms with Gasteiger partial charge in [-0.25, -0.2) is 0 Å². The van der Waals surface area contributed by atoms with Gasteiger partial charge in [-0.05, 0) is 54.7 Å². The summed E-state index contributed by atoms with van der Waals surface area (Å²) in [6.45, 7) is 10.4. The Morgan fingerprint density at radius 1 is 1.13 bits per heavy atom. The van der Waals surface area contributed by atoms with E-state index in [1.165, 1.54) is 0 Å². The van der Waals surface area contributed by atoms with E-state index in [1.54, 1.807) is 6.07 Å². The lowest BCUT2D eigenvalue weighted by atomic mass is 9.87. The van der Waals surface area contributed by atoms with Crippen LogP contribution in [0.1, 0.15) is 48.9 Å². The van der Waals surface area contributed by atoms with Crippen molar-refractivity contribution in [3.8, 4) is 11.5 Å². The molecule has 3 aromatic rings. The Labute approximate surface area is 176 Å². The average molecular weight is 408 g/mol. The molecule has 1 amide bonds. The molecule has 0 fully saturated rings. The summed E-state index contributed by atoms with van der Waals surface area (Å²) in [5.41, 5.74) is 3.99. The summed E-state index contributed by atoms with van der Waals surface area (Å²) in [4.78, 5) is 12.5. The van der Waals surface area contributed by atoms with Gasteiger partial charge in [0.2, 0.25) is 5.91 Å². The number of carbonyl (C=O) groups is 1. The van der Waals surface area contributed by atoms with Crippen LogP contribution in [-0.4, -0.2) is 16.2 Å². The molecule has 0 saturated heterocycles. The topological polar surface area (TPSA) is 84.6 Å². The van der Waals surface area contributed by atoms with Crippen molar-refractivity contribution >= 4 is 11.6 Å². The van der Waals surface area contributed by atoms with Gasteiger partial charge in [-0.1, -0.05) is 44.1 Å². The predicted molar refractivity (Wildman–Crippen MR) is 116 cm³/mol. The van der Waals surface area contributed by atoms with Crippen LogP contribution in [0.25, 0.3) is 0 Å². The van der Waals surface area contributed by atoms with Crippen LogP contribution in [0, 0.1) is 13.8 Å². The van der Waals surface area contributed by atoms with Crippen molar-refractivity contribution in [2.75, 3.05) is 5.32 Å². The number of phenolic OH excluding ortho intramolecular Hbond substituents is 1. The summed E-state index contributed by atoms with van der Waals surface area (Å²) in [5, 5.41) is 16.8. The van der Waals surface area contributed by atoms with Crippen molar-refractivity contribution in [1.29, 1.82) is 0 Å². The zero-order valence-electron chi connectivity index (χ0n) is 18.1.